The molecule has 5 atom stereocenters. The van der Waals surface area contributed by atoms with E-state index in [1.54, 1.807) is 6.08 Å². The molecule has 2 aromatic carbocycles. The van der Waals surface area contributed by atoms with Crippen molar-refractivity contribution >= 4 is 0 Å². The van der Waals surface area contributed by atoms with Gasteiger partial charge in [-0.2, -0.15) is 0 Å². The first-order valence-corrected chi connectivity index (χ1v) is 8.65. The Balaban J connectivity index is 1.83. The lowest BCUT2D eigenvalue weighted by atomic mass is 9.98. The Morgan fingerprint density at radius 2 is 1.69 bits per heavy atom. The van der Waals surface area contributed by atoms with Gasteiger partial charge in [0.15, 0.2) is 6.29 Å². The monoisotopic (exact) mass is 356 g/mol. The molecule has 0 aromatic heterocycles. The first kappa shape index (κ1) is 18.8. The highest BCUT2D eigenvalue weighted by Crippen LogP contribution is 2.35. The van der Waals surface area contributed by atoms with Gasteiger partial charge in [-0.1, -0.05) is 66.7 Å². The molecule has 1 unspecified atom stereocenters. The van der Waals surface area contributed by atoms with E-state index < -0.39 is 30.7 Å². The van der Waals surface area contributed by atoms with E-state index in [1.807, 2.05) is 60.7 Å². The van der Waals surface area contributed by atoms with Crippen LogP contribution in [0.25, 0.3) is 0 Å². The van der Waals surface area contributed by atoms with E-state index in [0.29, 0.717) is 6.61 Å². The molecule has 0 radical (unpaired) electrons. The van der Waals surface area contributed by atoms with Crippen LogP contribution in [0.4, 0.5) is 0 Å². The Hall–Kier alpha value is -2.02. The second-order valence-corrected chi connectivity index (χ2v) is 6.20. The topological polar surface area (TPSA) is 68.2 Å². The van der Waals surface area contributed by atoms with Crippen molar-refractivity contribution in [1.82, 2.24) is 0 Å². The van der Waals surface area contributed by atoms with Crippen molar-refractivity contribution in [1.29, 1.82) is 0 Å². The van der Waals surface area contributed by atoms with Gasteiger partial charge >= 0.3 is 0 Å². The minimum atomic E-state index is -1.32. The first-order chi connectivity index (χ1) is 12.7. The van der Waals surface area contributed by atoms with Crippen molar-refractivity contribution in [2.75, 3.05) is 6.61 Å². The Morgan fingerprint density at radius 1 is 1.04 bits per heavy atom. The standard InChI is InChI=1S/C21H24O5/c1-2-13-24-19-17(22)21(23)26-20(19)18(16-11-7-4-8-12-16)25-14-15-9-5-3-6-10-15/h2-12,17-23H,1,13-14H2/t17-,18-,19-,20-,21?/m1/s1. The summed E-state index contributed by atoms with van der Waals surface area (Å²) in [6, 6.07) is 19.4. The highest BCUT2D eigenvalue weighted by Gasteiger charge is 2.48. The molecule has 0 saturated carbocycles. The molecule has 2 N–H and O–H groups in total. The Kier molecular flexibility index (Phi) is 6.55. The van der Waals surface area contributed by atoms with Gasteiger partial charge in [0.05, 0.1) is 13.2 Å². The summed E-state index contributed by atoms with van der Waals surface area (Å²) in [7, 11) is 0. The van der Waals surface area contributed by atoms with Crippen LogP contribution >= 0.6 is 0 Å². The molecular weight excluding hydrogens is 332 g/mol. The summed E-state index contributed by atoms with van der Waals surface area (Å²) in [6.45, 7) is 4.25. The van der Waals surface area contributed by atoms with Gasteiger partial charge < -0.3 is 24.4 Å². The molecule has 0 bridgehead atoms. The second-order valence-electron chi connectivity index (χ2n) is 6.20. The molecule has 26 heavy (non-hydrogen) atoms. The fourth-order valence-electron chi connectivity index (χ4n) is 3.08. The third-order valence-corrected chi connectivity index (χ3v) is 4.35. The number of ether oxygens (including phenoxy) is 3. The van der Waals surface area contributed by atoms with Gasteiger partial charge in [0.1, 0.15) is 24.4 Å². The summed E-state index contributed by atoms with van der Waals surface area (Å²) in [5.74, 6) is 0. The maximum absolute atomic E-state index is 10.2. The average Bonchev–Trinajstić information content (AvgIpc) is 2.96. The van der Waals surface area contributed by atoms with Crippen LogP contribution in [0.5, 0.6) is 0 Å². The number of hydrogen-bond donors (Lipinski definition) is 2. The maximum atomic E-state index is 10.2. The van der Waals surface area contributed by atoms with Gasteiger partial charge in [-0.25, -0.2) is 0 Å². The molecule has 0 amide bonds. The van der Waals surface area contributed by atoms with Gasteiger partial charge in [-0.05, 0) is 11.1 Å². The minimum absolute atomic E-state index is 0.245. The molecule has 2 aromatic rings. The molecule has 5 nitrogen and oxygen atoms in total. The van der Waals surface area contributed by atoms with Crippen LogP contribution in [-0.2, 0) is 20.8 Å². The number of aliphatic hydroxyl groups excluding tert-OH is 2. The minimum Gasteiger partial charge on any atom is -0.385 e. The summed E-state index contributed by atoms with van der Waals surface area (Å²) in [4.78, 5) is 0. The normalized spacial score (nSPS) is 26.5. The fourth-order valence-corrected chi connectivity index (χ4v) is 3.08. The van der Waals surface area contributed by atoms with Gasteiger partial charge in [-0.15, -0.1) is 6.58 Å². The van der Waals surface area contributed by atoms with Gasteiger partial charge in [0, 0.05) is 0 Å². The number of hydrogen-bond acceptors (Lipinski definition) is 5. The third kappa shape index (κ3) is 4.38. The molecule has 0 aliphatic carbocycles. The smallest absolute Gasteiger partial charge is 0.184 e. The zero-order valence-corrected chi connectivity index (χ0v) is 14.5. The molecule has 1 aliphatic heterocycles. The van der Waals surface area contributed by atoms with Crippen molar-refractivity contribution < 1.29 is 24.4 Å². The first-order valence-electron chi connectivity index (χ1n) is 8.65. The van der Waals surface area contributed by atoms with Crippen molar-refractivity contribution in [3.63, 3.8) is 0 Å². The van der Waals surface area contributed by atoms with E-state index in [1.165, 1.54) is 0 Å². The lowest BCUT2D eigenvalue weighted by Crippen LogP contribution is -2.38. The lowest BCUT2D eigenvalue weighted by Gasteiger charge is -2.28. The third-order valence-electron chi connectivity index (χ3n) is 4.35. The Morgan fingerprint density at radius 3 is 2.35 bits per heavy atom. The SMILES string of the molecule is C=CCO[C@H]1[C@@H]([C@H](OCc2ccccc2)c2ccccc2)OC(O)[C@@H]1O. The summed E-state index contributed by atoms with van der Waals surface area (Å²) in [5.41, 5.74) is 1.91. The quantitative estimate of drug-likeness (QED) is 0.712. The van der Waals surface area contributed by atoms with Crippen molar-refractivity contribution in [3.8, 4) is 0 Å². The highest BCUT2D eigenvalue weighted by molar-refractivity contribution is 5.21. The van der Waals surface area contributed by atoms with E-state index in [4.69, 9.17) is 14.2 Å². The fraction of sp³-hybridized carbons (Fsp3) is 0.333. The van der Waals surface area contributed by atoms with E-state index in [2.05, 4.69) is 6.58 Å². The molecule has 138 valence electrons. The van der Waals surface area contributed by atoms with Crippen LogP contribution in [0.3, 0.4) is 0 Å². The van der Waals surface area contributed by atoms with Gasteiger partial charge in [0.2, 0.25) is 0 Å². The van der Waals surface area contributed by atoms with Crippen molar-refractivity contribution in [3.05, 3.63) is 84.4 Å². The maximum Gasteiger partial charge on any atom is 0.184 e. The van der Waals surface area contributed by atoms with Crippen molar-refractivity contribution in [2.24, 2.45) is 0 Å². The van der Waals surface area contributed by atoms with Crippen LogP contribution in [0, 0.1) is 0 Å². The average molecular weight is 356 g/mol. The summed E-state index contributed by atoms with van der Waals surface area (Å²) >= 11 is 0. The Labute approximate surface area is 153 Å². The van der Waals surface area contributed by atoms with Crippen LogP contribution in [0.2, 0.25) is 0 Å². The molecule has 5 heteroatoms. The van der Waals surface area contributed by atoms with Gasteiger partial charge in [-0.3, -0.25) is 0 Å². The molecule has 1 fully saturated rings. The zero-order chi connectivity index (χ0) is 18.4. The molecule has 1 aliphatic rings. The molecule has 1 heterocycles. The highest BCUT2D eigenvalue weighted by atomic mass is 16.7. The Bertz CT molecular complexity index is 675. The summed E-state index contributed by atoms with van der Waals surface area (Å²) < 4.78 is 17.4. The van der Waals surface area contributed by atoms with E-state index >= 15 is 0 Å². The molecule has 3 rings (SSSR count). The van der Waals surface area contributed by atoms with E-state index in [0.717, 1.165) is 11.1 Å². The van der Waals surface area contributed by atoms with E-state index in [9.17, 15) is 10.2 Å². The number of rotatable bonds is 8. The lowest BCUT2D eigenvalue weighted by molar-refractivity contribution is -0.159. The van der Waals surface area contributed by atoms with Crippen molar-refractivity contribution in [2.45, 2.75) is 37.3 Å². The molecule has 1 saturated heterocycles. The number of aliphatic hydroxyl groups is 2. The molecule has 0 spiro atoms. The van der Waals surface area contributed by atoms with Crippen LogP contribution in [0.15, 0.2) is 73.3 Å². The zero-order valence-electron chi connectivity index (χ0n) is 14.5. The van der Waals surface area contributed by atoms with Crippen LogP contribution in [-0.4, -0.2) is 41.4 Å². The van der Waals surface area contributed by atoms with Crippen LogP contribution < -0.4 is 0 Å². The molecular formula is C21H24O5. The predicted octanol–water partition coefficient (Wildman–Crippen LogP) is 2.59. The van der Waals surface area contributed by atoms with Gasteiger partial charge in [0.25, 0.3) is 0 Å². The summed E-state index contributed by atoms with van der Waals surface area (Å²) in [5, 5.41) is 20.2. The second kappa shape index (κ2) is 9.07. The number of benzene rings is 2. The predicted molar refractivity (Wildman–Crippen MR) is 97.2 cm³/mol. The van der Waals surface area contributed by atoms with E-state index in [-0.39, 0.29) is 6.61 Å². The summed E-state index contributed by atoms with van der Waals surface area (Å²) in [6.07, 6.45) is -2.74. The van der Waals surface area contributed by atoms with Crippen LogP contribution in [0.1, 0.15) is 17.2 Å². The largest absolute Gasteiger partial charge is 0.385 e.